The Morgan fingerprint density at radius 2 is 1.98 bits per heavy atom. The highest BCUT2D eigenvalue weighted by Crippen LogP contribution is 2.41. The van der Waals surface area contributed by atoms with Gasteiger partial charge in [0.2, 0.25) is 10.0 Å². The van der Waals surface area contributed by atoms with E-state index in [2.05, 4.69) is 29.2 Å². The zero-order valence-corrected chi connectivity index (χ0v) is 30.6. The Hall–Kier alpha value is -2.85. The molecule has 1 saturated carbocycles. The van der Waals surface area contributed by atoms with E-state index in [-0.39, 0.29) is 29.4 Å². The summed E-state index contributed by atoms with van der Waals surface area (Å²) in [6.07, 6.45) is 13.4. The molecule has 2 aromatic rings. The number of hydrogen-bond acceptors (Lipinski definition) is 7. The number of halogens is 1. The topological polar surface area (TPSA) is 105 Å². The average molecular weight is 713 g/mol. The van der Waals surface area contributed by atoms with Crippen LogP contribution in [0, 0.1) is 17.8 Å². The summed E-state index contributed by atoms with van der Waals surface area (Å²) >= 11 is 6.35. The number of nitrogens with one attached hydrogen (secondary N) is 1. The maximum atomic E-state index is 13.7. The first kappa shape index (κ1) is 37.4. The number of unbranched alkanes of at least 4 members (excludes halogenated alkanes) is 1. The number of benzene rings is 2. The van der Waals surface area contributed by atoms with E-state index in [1.54, 1.807) is 24.3 Å². The number of amides is 1. The van der Waals surface area contributed by atoms with Gasteiger partial charge in [0.05, 0.1) is 23.1 Å². The lowest BCUT2D eigenvalue weighted by molar-refractivity contribution is -0.0563. The Balaban J connectivity index is 1.42. The second-order valence-electron chi connectivity index (χ2n) is 14.0. The zero-order valence-electron chi connectivity index (χ0n) is 29.0. The van der Waals surface area contributed by atoms with Crippen LogP contribution >= 0.6 is 11.6 Å². The number of rotatable bonds is 14. The molecule has 1 amide bonds. The molecule has 2 aliphatic heterocycles. The summed E-state index contributed by atoms with van der Waals surface area (Å²) in [5, 5.41) is 10.9. The van der Waals surface area contributed by atoms with Gasteiger partial charge in [0.25, 0.3) is 5.91 Å². The van der Waals surface area contributed by atoms with Crippen molar-refractivity contribution >= 4 is 33.2 Å². The van der Waals surface area contributed by atoms with Gasteiger partial charge in [0.1, 0.15) is 12.4 Å². The normalized spacial score (nSPS) is 23.0. The molecule has 2 heterocycles. The molecule has 0 radical (unpaired) electrons. The van der Waals surface area contributed by atoms with Crippen LogP contribution in [0.4, 0.5) is 5.69 Å². The molecule has 2 fully saturated rings. The Kier molecular flexibility index (Phi) is 13.3. The Morgan fingerprint density at radius 1 is 1.16 bits per heavy atom. The van der Waals surface area contributed by atoms with Crippen molar-refractivity contribution in [2.45, 2.75) is 102 Å². The molecule has 3 aliphatic rings. The number of hydrogen-bond donors (Lipinski definition) is 2. The molecular weight excluding hydrogens is 660 g/mol. The molecule has 2 aromatic carbocycles. The van der Waals surface area contributed by atoms with Crippen molar-refractivity contribution in [3.63, 3.8) is 0 Å². The predicted molar refractivity (Wildman–Crippen MR) is 197 cm³/mol. The standard InChI is InChI=1S/C39H53ClN2O6S/c1-4-6-7-12-36(43)34-17-14-30(34)25-42-20-9-8-11-28-22-32(40)16-13-31(28)26-48-37-18-15-29(23-35(37)42)39(44)41-49(45,46)38(27(3)10-5-2)24-33-19-21-47-33/h5,7,12-13,15-16,18,22-23,27,30,33-34,36,38,43H,2,4,6,8-11,14,17,19-21,24-26H2,1,3H3,(H,41,44)/b12-7+/t27-,30-,33+,34+,36-,38-/m0/s1. The van der Waals surface area contributed by atoms with Crippen LogP contribution in [0.5, 0.6) is 5.75 Å². The number of carbonyl (C=O) groups is 1. The molecule has 268 valence electrons. The number of anilines is 1. The van der Waals surface area contributed by atoms with Crippen molar-refractivity contribution in [1.29, 1.82) is 0 Å². The number of fused-ring (bicyclic) bond motifs is 2. The van der Waals surface area contributed by atoms with Crippen LogP contribution in [0.15, 0.2) is 61.2 Å². The first-order chi connectivity index (χ1) is 23.6. The fourth-order valence-corrected chi connectivity index (χ4v) is 9.16. The van der Waals surface area contributed by atoms with E-state index in [1.165, 1.54) is 0 Å². The molecule has 49 heavy (non-hydrogen) atoms. The van der Waals surface area contributed by atoms with Crippen molar-refractivity contribution < 1.29 is 27.8 Å². The smallest absolute Gasteiger partial charge is 0.264 e. The van der Waals surface area contributed by atoms with Crippen LogP contribution in [0.1, 0.15) is 93.1 Å². The summed E-state index contributed by atoms with van der Waals surface area (Å²) in [4.78, 5) is 16.0. The minimum Gasteiger partial charge on any atom is -0.487 e. The molecule has 0 unspecified atom stereocenters. The van der Waals surface area contributed by atoms with E-state index in [0.29, 0.717) is 43.4 Å². The zero-order chi connectivity index (χ0) is 35.0. The van der Waals surface area contributed by atoms with E-state index in [1.807, 2.05) is 31.2 Å². The Bertz CT molecular complexity index is 1580. The number of sulfonamides is 1. The van der Waals surface area contributed by atoms with Crippen LogP contribution in [-0.4, -0.2) is 56.6 Å². The largest absolute Gasteiger partial charge is 0.487 e. The number of aliphatic hydroxyl groups is 1. The molecule has 6 atom stereocenters. The van der Waals surface area contributed by atoms with Crippen molar-refractivity contribution in [2.75, 3.05) is 24.6 Å². The molecular formula is C39H53ClN2O6S. The average Bonchev–Trinajstić information content (AvgIpc) is 3.05. The lowest BCUT2D eigenvalue weighted by Gasteiger charge is -2.42. The van der Waals surface area contributed by atoms with Crippen LogP contribution in [0.25, 0.3) is 0 Å². The van der Waals surface area contributed by atoms with Gasteiger partial charge in [0, 0.05) is 30.3 Å². The fraction of sp³-hybridized carbons (Fsp3) is 0.564. The van der Waals surface area contributed by atoms with Gasteiger partial charge in [0.15, 0.2) is 0 Å². The molecule has 8 nitrogen and oxygen atoms in total. The second-order valence-corrected chi connectivity index (χ2v) is 16.4. The number of ether oxygens (including phenoxy) is 2. The third-order valence-electron chi connectivity index (χ3n) is 10.5. The minimum absolute atomic E-state index is 0.125. The molecule has 1 saturated heterocycles. The maximum Gasteiger partial charge on any atom is 0.264 e. The fourth-order valence-electron chi connectivity index (χ4n) is 7.25. The van der Waals surface area contributed by atoms with Gasteiger partial charge in [-0.2, -0.15) is 0 Å². The molecule has 5 rings (SSSR count). The summed E-state index contributed by atoms with van der Waals surface area (Å²) in [5.41, 5.74) is 3.23. The summed E-state index contributed by atoms with van der Waals surface area (Å²) in [7, 11) is -4.02. The Labute approximate surface area is 298 Å². The highest BCUT2D eigenvalue weighted by Gasteiger charge is 2.38. The molecule has 1 aliphatic carbocycles. The third-order valence-corrected chi connectivity index (χ3v) is 12.7. The predicted octanol–water partition coefficient (Wildman–Crippen LogP) is 7.62. The van der Waals surface area contributed by atoms with Gasteiger partial charge in [-0.1, -0.05) is 56.2 Å². The summed E-state index contributed by atoms with van der Waals surface area (Å²) in [5.74, 6) is 0.159. The van der Waals surface area contributed by atoms with Crippen LogP contribution < -0.4 is 14.4 Å². The molecule has 0 spiro atoms. The van der Waals surface area contributed by atoms with E-state index in [4.69, 9.17) is 21.1 Å². The van der Waals surface area contributed by atoms with Gasteiger partial charge in [-0.05, 0) is 117 Å². The number of carbonyl (C=O) groups excluding carboxylic acids is 1. The van der Waals surface area contributed by atoms with Gasteiger partial charge in [-0.25, -0.2) is 13.1 Å². The quantitative estimate of drug-likeness (QED) is 0.194. The molecule has 0 aromatic heterocycles. The first-order valence-corrected chi connectivity index (χ1v) is 19.9. The number of aliphatic hydroxyl groups excluding tert-OH is 1. The highest BCUT2D eigenvalue weighted by atomic mass is 35.5. The number of aryl methyl sites for hydroxylation is 1. The van der Waals surface area contributed by atoms with E-state index in [0.717, 1.165) is 74.7 Å². The molecule has 2 N–H and O–H groups in total. The summed E-state index contributed by atoms with van der Waals surface area (Å²) < 4.78 is 41.9. The minimum atomic E-state index is -4.02. The lowest BCUT2D eigenvalue weighted by Crippen LogP contribution is -2.45. The maximum absolute atomic E-state index is 13.7. The van der Waals surface area contributed by atoms with Gasteiger partial charge in [-0.15, -0.1) is 6.58 Å². The van der Waals surface area contributed by atoms with Gasteiger partial charge in [-0.3, -0.25) is 4.79 Å². The summed E-state index contributed by atoms with van der Waals surface area (Å²) in [6, 6.07) is 11.1. The third kappa shape index (κ3) is 9.69. The van der Waals surface area contributed by atoms with Crippen molar-refractivity contribution in [3.8, 4) is 5.75 Å². The van der Waals surface area contributed by atoms with Gasteiger partial charge >= 0.3 is 0 Å². The van der Waals surface area contributed by atoms with Crippen molar-refractivity contribution in [3.05, 3.63) is 82.9 Å². The SMILES string of the molecule is C=CC[C@H](C)[C@H](C[C@H]1CCO1)S(=O)(=O)NC(=O)c1ccc2c(c1)N(C[C@@H]1CC[C@H]1[C@@H](O)/C=C/CCC)CCCCc1cc(Cl)ccc1CO2. The van der Waals surface area contributed by atoms with Crippen LogP contribution in [0.3, 0.4) is 0 Å². The van der Waals surface area contributed by atoms with E-state index < -0.39 is 27.3 Å². The first-order valence-electron chi connectivity index (χ1n) is 18.0. The second kappa shape index (κ2) is 17.4. The monoisotopic (exact) mass is 712 g/mol. The summed E-state index contributed by atoms with van der Waals surface area (Å²) in [6.45, 7) is 10.2. The highest BCUT2D eigenvalue weighted by molar-refractivity contribution is 7.90. The van der Waals surface area contributed by atoms with Gasteiger partial charge < -0.3 is 19.5 Å². The van der Waals surface area contributed by atoms with Crippen molar-refractivity contribution in [2.24, 2.45) is 17.8 Å². The molecule has 10 heteroatoms. The van der Waals surface area contributed by atoms with E-state index >= 15 is 0 Å². The molecule has 0 bridgehead atoms. The van der Waals surface area contributed by atoms with E-state index in [9.17, 15) is 18.3 Å². The lowest BCUT2D eigenvalue weighted by atomic mass is 9.70. The van der Waals surface area contributed by atoms with Crippen molar-refractivity contribution in [1.82, 2.24) is 4.72 Å². The van der Waals surface area contributed by atoms with Crippen LogP contribution in [0.2, 0.25) is 5.02 Å². The Morgan fingerprint density at radius 3 is 2.67 bits per heavy atom. The number of nitrogens with zero attached hydrogens (tertiary/aromatic N) is 1. The number of allylic oxidation sites excluding steroid dienone is 2. The van der Waals surface area contributed by atoms with Crippen LogP contribution in [-0.2, 0) is 27.8 Å².